The minimum atomic E-state index is -7.80. The number of methoxy groups -OCH3 is 6. The maximum absolute atomic E-state index is 18.5. The maximum Gasteiger partial charge on any atom is 0.338 e. The van der Waals surface area contributed by atoms with Crippen LogP contribution in [0.5, 0.6) is 0 Å². The van der Waals surface area contributed by atoms with Crippen LogP contribution in [0.2, 0.25) is 0 Å². The highest BCUT2D eigenvalue weighted by Crippen LogP contribution is 2.66. The lowest BCUT2D eigenvalue weighted by Gasteiger charge is -2.54. The molecule has 2 aromatic carbocycles. The van der Waals surface area contributed by atoms with Gasteiger partial charge in [0, 0.05) is 28.4 Å². The zero-order valence-corrected chi connectivity index (χ0v) is 30.7. The van der Waals surface area contributed by atoms with Crippen molar-refractivity contribution in [2.24, 2.45) is 0 Å². The Morgan fingerprint density at radius 3 is 1.13 bits per heavy atom. The molecule has 0 saturated heterocycles. The zero-order valence-electron chi connectivity index (χ0n) is 29.8. The second-order valence-electron chi connectivity index (χ2n) is 12.2. The van der Waals surface area contributed by atoms with Gasteiger partial charge in [-0.15, -0.1) is 0 Å². The maximum atomic E-state index is 18.5. The molecule has 0 N–H and O–H groups in total. The lowest BCUT2D eigenvalue weighted by atomic mass is 9.76. The van der Waals surface area contributed by atoms with Gasteiger partial charge in [0.25, 0.3) is 21.3 Å². The molecule has 304 valence electrons. The number of sulfone groups is 1. The molecule has 0 bridgehead atoms. The minimum Gasteiger partial charge on any atom is -0.497 e. The van der Waals surface area contributed by atoms with E-state index >= 15 is 52.3 Å². The molecule has 8 nitrogen and oxygen atoms in total. The van der Waals surface area contributed by atoms with Crippen LogP contribution >= 0.6 is 0 Å². The molecule has 0 amide bonds. The Bertz CT molecular complexity index is 1800. The van der Waals surface area contributed by atoms with Gasteiger partial charge < -0.3 is 28.4 Å². The SMILES string of the molecule is COC1=CC(OC)C(F)(F)C(F)(OC)C1(F)C(F)(/C=C\c1ccccc1)S(=O)(=O)C(F)(/C=C\c1ccccc1)C1(F)C(OC)=CC(OC)C(F)(F)C1(F)OC. The third kappa shape index (κ3) is 5.74. The molecule has 2 aromatic rings. The van der Waals surface area contributed by atoms with E-state index in [1.165, 1.54) is 36.4 Å². The standard InChI is InChI=1S/C36H36F10O8S/c1-49-25-21-27(51-3)33(41,42)35(45,53-5)31(25,39)29(37,19-17-23-13-9-7-10-14-23)55(47,48)30(38,20-18-24-15-11-8-12-16-24)32(40)26(50-2)22-28(52-4)34(43,44)36(32,46)54-6/h7-22,27-28H,1-6H3/b19-17-,20-18-. The van der Waals surface area contributed by atoms with E-state index in [1.807, 2.05) is 0 Å². The summed E-state index contributed by atoms with van der Waals surface area (Å²) in [5.74, 6) is -26.1. The van der Waals surface area contributed by atoms with Crippen LogP contribution in [0, 0.1) is 0 Å². The van der Waals surface area contributed by atoms with Crippen LogP contribution in [0.3, 0.4) is 0 Å². The van der Waals surface area contributed by atoms with E-state index in [2.05, 4.69) is 18.9 Å². The highest BCUT2D eigenvalue weighted by molar-refractivity contribution is 7.94. The summed E-state index contributed by atoms with van der Waals surface area (Å²) in [6, 6.07) is 12.2. The fraction of sp³-hybridized carbons (Fsp3) is 0.444. The normalized spacial score (nSPS) is 33.0. The molecular weight excluding hydrogens is 782 g/mol. The average Bonchev–Trinajstić information content (AvgIpc) is 3.17. The Kier molecular flexibility index (Phi) is 11.8. The lowest BCUT2D eigenvalue weighted by Crippen LogP contribution is -2.80. The Morgan fingerprint density at radius 1 is 0.564 bits per heavy atom. The van der Waals surface area contributed by atoms with Crippen molar-refractivity contribution in [2.75, 3.05) is 42.7 Å². The van der Waals surface area contributed by atoms with Gasteiger partial charge in [0.05, 0.1) is 14.2 Å². The molecule has 0 fully saturated rings. The minimum absolute atomic E-state index is 0.0476. The van der Waals surface area contributed by atoms with Crippen LogP contribution in [-0.2, 0) is 38.3 Å². The van der Waals surface area contributed by atoms with Crippen LogP contribution in [0.15, 0.2) is 96.5 Å². The van der Waals surface area contributed by atoms with Gasteiger partial charge in [0.15, 0.2) is 0 Å². The van der Waals surface area contributed by atoms with E-state index in [-0.39, 0.29) is 37.5 Å². The largest absolute Gasteiger partial charge is 0.497 e. The fourth-order valence-electron chi connectivity index (χ4n) is 6.56. The molecule has 0 saturated carbocycles. The number of benzene rings is 2. The molecular formula is C36H36F10O8S. The van der Waals surface area contributed by atoms with Crippen molar-refractivity contribution in [3.63, 3.8) is 0 Å². The molecule has 8 atom stereocenters. The second kappa shape index (κ2) is 14.9. The van der Waals surface area contributed by atoms with Gasteiger partial charge in [0.1, 0.15) is 23.7 Å². The van der Waals surface area contributed by atoms with Crippen molar-refractivity contribution < 1.29 is 80.7 Å². The first-order valence-electron chi connectivity index (χ1n) is 15.8. The summed E-state index contributed by atoms with van der Waals surface area (Å²) in [6.45, 7) is 0. The fourth-order valence-corrected chi connectivity index (χ4v) is 8.69. The Morgan fingerprint density at radius 2 is 0.873 bits per heavy atom. The highest BCUT2D eigenvalue weighted by atomic mass is 32.2. The van der Waals surface area contributed by atoms with Crippen molar-refractivity contribution in [1.29, 1.82) is 0 Å². The highest BCUT2D eigenvalue weighted by Gasteiger charge is 2.92. The average molecular weight is 819 g/mol. The Balaban J connectivity index is 2.32. The van der Waals surface area contributed by atoms with Crippen LogP contribution in [-0.4, -0.2) is 108 Å². The first-order chi connectivity index (χ1) is 25.5. The van der Waals surface area contributed by atoms with Crippen molar-refractivity contribution in [3.8, 4) is 0 Å². The van der Waals surface area contributed by atoms with E-state index in [4.69, 9.17) is 9.47 Å². The third-order valence-electron chi connectivity index (χ3n) is 9.55. The first-order valence-corrected chi connectivity index (χ1v) is 17.3. The van der Waals surface area contributed by atoms with Crippen LogP contribution in [0.25, 0.3) is 12.2 Å². The zero-order chi connectivity index (χ0) is 41.5. The number of ether oxygens (including phenoxy) is 6. The molecule has 0 radical (unpaired) electrons. The van der Waals surface area contributed by atoms with Crippen LogP contribution in [0.4, 0.5) is 43.9 Å². The smallest absolute Gasteiger partial charge is 0.338 e. The lowest BCUT2D eigenvalue weighted by molar-refractivity contribution is -0.359. The van der Waals surface area contributed by atoms with Gasteiger partial charge in [0.2, 0.25) is 9.84 Å². The first kappa shape index (κ1) is 43.8. The summed E-state index contributed by atoms with van der Waals surface area (Å²) in [4.78, 5) is 0. The van der Waals surface area contributed by atoms with Crippen molar-refractivity contribution in [1.82, 2.24) is 0 Å². The quantitative estimate of drug-likeness (QED) is 0.180. The molecule has 8 unspecified atom stereocenters. The predicted molar refractivity (Wildman–Crippen MR) is 179 cm³/mol. The van der Waals surface area contributed by atoms with E-state index in [9.17, 15) is 0 Å². The van der Waals surface area contributed by atoms with Crippen molar-refractivity contribution >= 4 is 22.0 Å². The van der Waals surface area contributed by atoms with Gasteiger partial charge in [-0.25, -0.2) is 34.8 Å². The van der Waals surface area contributed by atoms with E-state index < -0.39 is 90.6 Å². The number of rotatable bonds is 14. The van der Waals surface area contributed by atoms with Gasteiger partial charge in [-0.1, -0.05) is 72.8 Å². The summed E-state index contributed by atoms with van der Waals surface area (Å²) in [7, 11) is -5.71. The molecule has 4 rings (SSSR count). The Hall–Kier alpha value is -3.91. The topological polar surface area (TPSA) is 89.5 Å². The second-order valence-corrected chi connectivity index (χ2v) is 14.4. The molecule has 0 spiro atoms. The van der Waals surface area contributed by atoms with Crippen molar-refractivity contribution in [2.45, 2.75) is 57.1 Å². The summed E-state index contributed by atoms with van der Waals surface area (Å²) in [6.07, 6.45) is -6.35. The van der Waals surface area contributed by atoms with Gasteiger partial charge >= 0.3 is 23.6 Å². The molecule has 2 aliphatic carbocycles. The molecule has 2 aliphatic rings. The molecule has 0 heterocycles. The van der Waals surface area contributed by atoms with E-state index in [1.54, 1.807) is 0 Å². The predicted octanol–water partition coefficient (Wildman–Crippen LogP) is 7.59. The van der Waals surface area contributed by atoms with E-state index in [0.717, 1.165) is 24.3 Å². The monoisotopic (exact) mass is 818 g/mol. The van der Waals surface area contributed by atoms with Gasteiger partial charge in [-0.2, -0.15) is 17.6 Å². The van der Waals surface area contributed by atoms with Crippen molar-refractivity contribution in [3.05, 3.63) is 108 Å². The molecule has 0 aliphatic heterocycles. The molecule has 55 heavy (non-hydrogen) atoms. The van der Waals surface area contributed by atoms with Crippen LogP contribution in [0.1, 0.15) is 11.1 Å². The third-order valence-corrected chi connectivity index (χ3v) is 12.0. The number of halogens is 10. The Labute approximate surface area is 309 Å². The van der Waals surface area contributed by atoms with Gasteiger partial charge in [-0.05, 0) is 35.4 Å². The summed E-state index contributed by atoms with van der Waals surface area (Å²) < 4.78 is 229. The summed E-state index contributed by atoms with van der Waals surface area (Å²) >= 11 is 0. The number of alkyl halides is 10. The number of hydrogen-bond donors (Lipinski definition) is 0. The number of hydrogen-bond acceptors (Lipinski definition) is 8. The molecule has 0 aromatic heterocycles. The molecule has 19 heteroatoms. The summed E-state index contributed by atoms with van der Waals surface area (Å²) in [5.41, 5.74) is -11.9. The summed E-state index contributed by atoms with van der Waals surface area (Å²) in [5, 5.41) is -11.6. The van der Waals surface area contributed by atoms with Crippen LogP contribution < -0.4 is 0 Å². The van der Waals surface area contributed by atoms with Gasteiger partial charge in [-0.3, -0.25) is 0 Å². The van der Waals surface area contributed by atoms with E-state index in [0.29, 0.717) is 40.6 Å².